The van der Waals surface area contributed by atoms with Crippen LogP contribution in [0.15, 0.2) is 72.8 Å². The first-order chi connectivity index (χ1) is 14.4. The summed E-state index contributed by atoms with van der Waals surface area (Å²) in [6, 6.07) is 18.8. The second kappa shape index (κ2) is 9.35. The summed E-state index contributed by atoms with van der Waals surface area (Å²) >= 11 is 0. The lowest BCUT2D eigenvalue weighted by atomic mass is 9.96. The standard InChI is InChI=1S/C23H20F3NO3/c1-27(22(28)17-10-13-19(30-23(25)26)20(14-17)29-2)21(15-6-4-3-5-7-15)16-8-11-18(24)12-9-16/h3-14,21,23H,1-2H3. The summed E-state index contributed by atoms with van der Waals surface area (Å²) in [5.74, 6) is -0.883. The molecule has 1 unspecified atom stereocenters. The molecule has 1 atom stereocenters. The minimum atomic E-state index is -3.01. The quantitative estimate of drug-likeness (QED) is 0.526. The average Bonchev–Trinajstić information content (AvgIpc) is 2.75. The van der Waals surface area contributed by atoms with Gasteiger partial charge in [-0.3, -0.25) is 4.79 Å². The van der Waals surface area contributed by atoms with Gasteiger partial charge in [0.1, 0.15) is 5.82 Å². The van der Waals surface area contributed by atoms with Gasteiger partial charge in [-0.1, -0.05) is 42.5 Å². The fourth-order valence-electron chi connectivity index (χ4n) is 3.23. The van der Waals surface area contributed by atoms with Crippen LogP contribution in [0.5, 0.6) is 11.5 Å². The molecule has 0 aliphatic rings. The number of halogens is 3. The van der Waals surface area contributed by atoms with Gasteiger partial charge in [-0.05, 0) is 41.5 Å². The summed E-state index contributed by atoms with van der Waals surface area (Å²) in [5, 5.41) is 0. The van der Waals surface area contributed by atoms with Crippen LogP contribution in [0.3, 0.4) is 0 Å². The first-order valence-corrected chi connectivity index (χ1v) is 9.11. The highest BCUT2D eigenvalue weighted by molar-refractivity contribution is 5.95. The summed E-state index contributed by atoms with van der Waals surface area (Å²) in [6.45, 7) is -3.01. The molecule has 0 aromatic heterocycles. The first kappa shape index (κ1) is 21.2. The SMILES string of the molecule is COc1cc(C(=O)N(C)C(c2ccccc2)c2ccc(F)cc2)ccc1OC(F)F. The van der Waals surface area contributed by atoms with Crippen LogP contribution in [-0.4, -0.2) is 31.6 Å². The van der Waals surface area contributed by atoms with Gasteiger partial charge in [0.15, 0.2) is 11.5 Å². The van der Waals surface area contributed by atoms with Crippen LogP contribution in [0, 0.1) is 5.82 Å². The van der Waals surface area contributed by atoms with Gasteiger partial charge in [0.2, 0.25) is 0 Å². The van der Waals surface area contributed by atoms with Gasteiger partial charge in [0.05, 0.1) is 13.2 Å². The van der Waals surface area contributed by atoms with Crippen molar-refractivity contribution in [1.82, 2.24) is 4.90 Å². The number of nitrogens with zero attached hydrogens (tertiary/aromatic N) is 1. The number of amides is 1. The third-order valence-electron chi connectivity index (χ3n) is 4.64. The van der Waals surface area contributed by atoms with E-state index in [4.69, 9.17) is 4.74 Å². The molecule has 0 fully saturated rings. The van der Waals surface area contributed by atoms with Gasteiger partial charge < -0.3 is 14.4 Å². The highest BCUT2D eigenvalue weighted by Gasteiger charge is 2.25. The van der Waals surface area contributed by atoms with Crippen molar-refractivity contribution < 1.29 is 27.4 Å². The smallest absolute Gasteiger partial charge is 0.387 e. The first-order valence-electron chi connectivity index (χ1n) is 9.11. The Kier molecular flexibility index (Phi) is 6.61. The third-order valence-corrected chi connectivity index (χ3v) is 4.64. The molecule has 3 aromatic carbocycles. The topological polar surface area (TPSA) is 38.8 Å². The van der Waals surface area contributed by atoms with Gasteiger partial charge in [-0.25, -0.2) is 4.39 Å². The summed E-state index contributed by atoms with van der Waals surface area (Å²) in [7, 11) is 2.93. The van der Waals surface area contributed by atoms with E-state index in [-0.39, 0.29) is 28.8 Å². The van der Waals surface area contributed by atoms with Gasteiger partial charge >= 0.3 is 6.61 Å². The molecule has 1 amide bonds. The minimum absolute atomic E-state index is 0.0209. The van der Waals surface area contributed by atoms with E-state index in [1.165, 1.54) is 42.3 Å². The molecule has 0 saturated carbocycles. The summed E-state index contributed by atoms with van der Waals surface area (Å²) < 4.78 is 48.0. The lowest BCUT2D eigenvalue weighted by Crippen LogP contribution is -2.32. The van der Waals surface area contributed by atoms with Crippen molar-refractivity contribution in [2.75, 3.05) is 14.2 Å². The largest absolute Gasteiger partial charge is 0.493 e. The zero-order valence-corrected chi connectivity index (χ0v) is 16.4. The van der Waals surface area contributed by atoms with Crippen LogP contribution < -0.4 is 9.47 Å². The van der Waals surface area contributed by atoms with E-state index >= 15 is 0 Å². The Morgan fingerprint density at radius 2 is 1.53 bits per heavy atom. The number of carbonyl (C=O) groups is 1. The Bertz CT molecular complexity index is 994. The van der Waals surface area contributed by atoms with Gasteiger partial charge in [-0.2, -0.15) is 8.78 Å². The maximum Gasteiger partial charge on any atom is 0.387 e. The Balaban J connectivity index is 1.97. The molecule has 0 aliphatic carbocycles. The van der Waals surface area contributed by atoms with E-state index in [0.717, 1.165) is 11.1 Å². The van der Waals surface area contributed by atoms with Crippen molar-refractivity contribution in [2.45, 2.75) is 12.7 Å². The number of methoxy groups -OCH3 is 1. The zero-order valence-electron chi connectivity index (χ0n) is 16.4. The molecule has 4 nitrogen and oxygen atoms in total. The van der Waals surface area contributed by atoms with Crippen LogP contribution in [0.2, 0.25) is 0 Å². The second-order valence-corrected chi connectivity index (χ2v) is 6.52. The van der Waals surface area contributed by atoms with Crippen LogP contribution in [0.1, 0.15) is 27.5 Å². The Morgan fingerprint density at radius 3 is 2.13 bits per heavy atom. The minimum Gasteiger partial charge on any atom is -0.493 e. The van der Waals surface area contributed by atoms with E-state index in [2.05, 4.69) is 4.74 Å². The third kappa shape index (κ3) is 4.74. The number of alkyl halides is 2. The normalized spacial score (nSPS) is 11.8. The van der Waals surface area contributed by atoms with Gasteiger partial charge in [0, 0.05) is 12.6 Å². The van der Waals surface area contributed by atoms with E-state index in [0.29, 0.717) is 0 Å². The Morgan fingerprint density at radius 1 is 0.900 bits per heavy atom. The number of hydrogen-bond acceptors (Lipinski definition) is 3. The molecular weight excluding hydrogens is 395 g/mol. The van der Waals surface area contributed by atoms with Crippen molar-refractivity contribution in [3.05, 3.63) is 95.3 Å². The van der Waals surface area contributed by atoms with Crippen molar-refractivity contribution in [2.24, 2.45) is 0 Å². The number of carbonyl (C=O) groups excluding carboxylic acids is 1. The van der Waals surface area contributed by atoms with Crippen LogP contribution in [0.25, 0.3) is 0 Å². The maximum atomic E-state index is 13.4. The number of ether oxygens (including phenoxy) is 2. The van der Waals surface area contributed by atoms with Gasteiger partial charge in [0.25, 0.3) is 5.91 Å². The van der Waals surface area contributed by atoms with Crippen LogP contribution in [0.4, 0.5) is 13.2 Å². The summed E-state index contributed by atoms with van der Waals surface area (Å²) in [5.41, 5.74) is 1.80. The Labute approximate surface area is 172 Å². The lowest BCUT2D eigenvalue weighted by molar-refractivity contribution is -0.0512. The molecular formula is C23H20F3NO3. The van der Waals surface area contributed by atoms with Crippen LogP contribution in [-0.2, 0) is 0 Å². The van der Waals surface area contributed by atoms with Gasteiger partial charge in [-0.15, -0.1) is 0 Å². The van der Waals surface area contributed by atoms with E-state index < -0.39 is 12.7 Å². The van der Waals surface area contributed by atoms with E-state index in [1.54, 1.807) is 19.2 Å². The highest BCUT2D eigenvalue weighted by Crippen LogP contribution is 2.32. The van der Waals surface area contributed by atoms with Crippen molar-refractivity contribution in [3.63, 3.8) is 0 Å². The molecule has 30 heavy (non-hydrogen) atoms. The molecule has 7 heteroatoms. The molecule has 0 bridgehead atoms. The fraction of sp³-hybridized carbons (Fsp3) is 0.174. The molecule has 0 aliphatic heterocycles. The van der Waals surface area contributed by atoms with E-state index in [9.17, 15) is 18.0 Å². The number of hydrogen-bond donors (Lipinski definition) is 0. The van der Waals surface area contributed by atoms with Crippen molar-refractivity contribution in [1.29, 1.82) is 0 Å². The molecule has 3 aromatic rings. The maximum absolute atomic E-state index is 13.4. The molecule has 0 radical (unpaired) electrons. The lowest BCUT2D eigenvalue weighted by Gasteiger charge is -2.29. The van der Waals surface area contributed by atoms with Crippen LogP contribution >= 0.6 is 0 Å². The summed E-state index contributed by atoms with van der Waals surface area (Å²) in [4.78, 5) is 14.7. The second-order valence-electron chi connectivity index (χ2n) is 6.52. The van der Waals surface area contributed by atoms with Crippen molar-refractivity contribution >= 4 is 5.91 Å². The Hall–Kier alpha value is -3.48. The predicted octanol–water partition coefficient (Wildman–Crippen LogP) is 5.30. The van der Waals surface area contributed by atoms with E-state index in [1.807, 2.05) is 30.3 Å². The fourth-order valence-corrected chi connectivity index (χ4v) is 3.23. The highest BCUT2D eigenvalue weighted by atomic mass is 19.3. The predicted molar refractivity (Wildman–Crippen MR) is 106 cm³/mol. The number of rotatable bonds is 7. The zero-order chi connectivity index (χ0) is 21.7. The molecule has 0 N–H and O–H groups in total. The molecule has 3 rings (SSSR count). The molecule has 0 heterocycles. The average molecular weight is 415 g/mol. The van der Waals surface area contributed by atoms with Crippen molar-refractivity contribution in [3.8, 4) is 11.5 Å². The molecule has 0 saturated heterocycles. The molecule has 156 valence electrons. The monoisotopic (exact) mass is 415 g/mol. The molecule has 0 spiro atoms. The summed E-state index contributed by atoms with van der Waals surface area (Å²) in [6.07, 6.45) is 0. The number of benzene rings is 3.